The molecule has 1 N–H and O–H groups in total. The Morgan fingerprint density at radius 1 is 1.50 bits per heavy atom. The highest BCUT2D eigenvalue weighted by molar-refractivity contribution is 5.70. The molecule has 16 heavy (non-hydrogen) atoms. The average molecular weight is 225 g/mol. The van der Waals surface area contributed by atoms with Crippen LogP contribution in [0.4, 0.5) is 4.79 Å². The molecule has 0 bridgehead atoms. The van der Waals surface area contributed by atoms with Crippen LogP contribution in [0.3, 0.4) is 0 Å². The van der Waals surface area contributed by atoms with E-state index in [1.165, 1.54) is 0 Å². The van der Waals surface area contributed by atoms with E-state index in [-0.39, 0.29) is 12.1 Å². The van der Waals surface area contributed by atoms with Gasteiger partial charge in [0.05, 0.1) is 11.6 Å². The van der Waals surface area contributed by atoms with E-state index in [1.807, 2.05) is 32.9 Å². The van der Waals surface area contributed by atoms with E-state index in [0.717, 1.165) is 12.8 Å². The molecule has 1 aliphatic heterocycles. The van der Waals surface area contributed by atoms with Crippen molar-refractivity contribution in [1.29, 1.82) is 0 Å². The first-order valence-electron chi connectivity index (χ1n) is 5.70. The summed E-state index contributed by atoms with van der Waals surface area (Å²) in [5.74, 6) is 0. The topological polar surface area (TPSA) is 49.8 Å². The molecule has 4 heteroatoms. The number of hydrogen-bond acceptors (Lipinski definition) is 3. The minimum atomic E-state index is -0.704. The Balaban J connectivity index is 2.02. The van der Waals surface area contributed by atoms with Gasteiger partial charge in [-0.15, -0.1) is 0 Å². The van der Waals surface area contributed by atoms with Gasteiger partial charge in [-0.25, -0.2) is 4.79 Å². The fourth-order valence-electron chi connectivity index (χ4n) is 1.92. The molecule has 1 atom stereocenters. The van der Waals surface area contributed by atoms with E-state index >= 15 is 0 Å². The normalized spacial score (nSPS) is 27.0. The maximum absolute atomic E-state index is 11.9. The lowest BCUT2D eigenvalue weighted by Crippen LogP contribution is -2.46. The van der Waals surface area contributed by atoms with Crippen molar-refractivity contribution in [1.82, 2.24) is 4.90 Å². The zero-order valence-electron chi connectivity index (χ0n) is 10.1. The molecule has 0 aromatic rings. The Morgan fingerprint density at radius 3 is 2.62 bits per heavy atom. The van der Waals surface area contributed by atoms with Crippen LogP contribution in [-0.2, 0) is 4.74 Å². The van der Waals surface area contributed by atoms with Crippen molar-refractivity contribution in [3.8, 4) is 0 Å². The van der Waals surface area contributed by atoms with Gasteiger partial charge in [-0.3, -0.25) is 4.90 Å². The van der Waals surface area contributed by atoms with E-state index < -0.39 is 11.2 Å². The van der Waals surface area contributed by atoms with Gasteiger partial charge in [0.2, 0.25) is 0 Å². The summed E-state index contributed by atoms with van der Waals surface area (Å²) >= 11 is 0. The molecule has 1 unspecified atom stereocenters. The number of amides is 1. The monoisotopic (exact) mass is 225 g/mol. The quantitative estimate of drug-likeness (QED) is 0.691. The summed E-state index contributed by atoms with van der Waals surface area (Å²) in [5.41, 5.74) is -1.19. The maximum Gasteiger partial charge on any atom is 0.411 e. The molecule has 1 fully saturated rings. The van der Waals surface area contributed by atoms with Crippen LogP contribution in [0.25, 0.3) is 0 Å². The Bertz CT molecular complexity index is 326. The molecule has 0 aromatic carbocycles. The predicted octanol–water partition coefficient (Wildman–Crippen LogP) is 1.69. The zero-order valence-corrected chi connectivity index (χ0v) is 10.1. The van der Waals surface area contributed by atoms with Gasteiger partial charge in [0.25, 0.3) is 0 Å². The number of carbonyl (C=O) groups excluding carboxylic acids is 1. The lowest BCUT2D eigenvalue weighted by atomic mass is 10.1. The first-order valence-corrected chi connectivity index (χ1v) is 5.70. The standard InChI is InChI=1S/C12H19NO3/c1-11(2,3)16-10(14)13-8-4-5-9(13)12(15)6-7-12/h4-5,9,15H,6-8H2,1-3H3. The second-order valence-electron chi connectivity index (χ2n) is 5.61. The van der Waals surface area contributed by atoms with Crippen molar-refractivity contribution in [2.45, 2.75) is 50.9 Å². The van der Waals surface area contributed by atoms with Gasteiger partial charge in [-0.1, -0.05) is 12.2 Å². The molecule has 2 aliphatic rings. The van der Waals surface area contributed by atoms with E-state index in [2.05, 4.69) is 0 Å². The highest BCUT2D eigenvalue weighted by Gasteiger charge is 2.51. The van der Waals surface area contributed by atoms with Gasteiger partial charge in [0.1, 0.15) is 5.60 Å². The van der Waals surface area contributed by atoms with Crippen LogP contribution in [0, 0.1) is 0 Å². The third kappa shape index (κ3) is 2.21. The predicted molar refractivity (Wildman–Crippen MR) is 60.1 cm³/mol. The second kappa shape index (κ2) is 3.48. The SMILES string of the molecule is CC(C)(C)OC(=O)N1CC=CC1C1(O)CC1. The van der Waals surface area contributed by atoms with Crippen molar-refractivity contribution in [2.24, 2.45) is 0 Å². The molecule has 0 aromatic heterocycles. The highest BCUT2D eigenvalue weighted by atomic mass is 16.6. The minimum absolute atomic E-state index is 0.206. The Labute approximate surface area is 95.9 Å². The van der Waals surface area contributed by atoms with Crippen molar-refractivity contribution in [2.75, 3.05) is 6.54 Å². The van der Waals surface area contributed by atoms with Crippen LogP contribution in [0.2, 0.25) is 0 Å². The third-order valence-electron chi connectivity index (χ3n) is 2.90. The van der Waals surface area contributed by atoms with Gasteiger partial charge in [0.15, 0.2) is 0 Å². The zero-order chi connectivity index (χ0) is 12.0. The molecule has 1 amide bonds. The van der Waals surface area contributed by atoms with Crippen LogP contribution in [0.15, 0.2) is 12.2 Å². The van der Waals surface area contributed by atoms with Gasteiger partial charge >= 0.3 is 6.09 Å². The number of hydrogen-bond donors (Lipinski definition) is 1. The number of aliphatic hydroxyl groups is 1. The molecule has 0 spiro atoms. The van der Waals surface area contributed by atoms with Crippen LogP contribution in [-0.4, -0.2) is 39.9 Å². The molecular weight excluding hydrogens is 206 g/mol. The second-order valence-corrected chi connectivity index (χ2v) is 5.61. The van der Waals surface area contributed by atoms with Crippen molar-refractivity contribution in [3.05, 3.63) is 12.2 Å². The van der Waals surface area contributed by atoms with E-state index in [9.17, 15) is 9.90 Å². The molecule has 1 saturated carbocycles. The maximum atomic E-state index is 11.9. The Kier molecular flexibility index (Phi) is 2.49. The minimum Gasteiger partial charge on any atom is -0.444 e. The number of carbonyl (C=O) groups is 1. The van der Waals surface area contributed by atoms with Crippen LogP contribution in [0.5, 0.6) is 0 Å². The van der Waals surface area contributed by atoms with Gasteiger partial charge < -0.3 is 9.84 Å². The number of rotatable bonds is 1. The van der Waals surface area contributed by atoms with Gasteiger partial charge in [0, 0.05) is 6.54 Å². The summed E-state index contributed by atoms with van der Waals surface area (Å²) in [7, 11) is 0. The fourth-order valence-corrected chi connectivity index (χ4v) is 1.92. The van der Waals surface area contributed by atoms with E-state index in [4.69, 9.17) is 4.74 Å². The Hall–Kier alpha value is -1.03. The fraction of sp³-hybridized carbons (Fsp3) is 0.750. The van der Waals surface area contributed by atoms with Crippen LogP contribution >= 0.6 is 0 Å². The highest BCUT2D eigenvalue weighted by Crippen LogP contribution is 2.42. The lowest BCUT2D eigenvalue weighted by Gasteiger charge is -2.30. The number of nitrogens with zero attached hydrogens (tertiary/aromatic N) is 1. The van der Waals surface area contributed by atoms with Crippen LogP contribution < -0.4 is 0 Å². The molecule has 1 heterocycles. The molecule has 0 radical (unpaired) electrons. The number of ether oxygens (including phenoxy) is 1. The average Bonchev–Trinajstić information content (AvgIpc) is 2.70. The summed E-state index contributed by atoms with van der Waals surface area (Å²) in [5, 5.41) is 10.0. The largest absolute Gasteiger partial charge is 0.444 e. The van der Waals surface area contributed by atoms with Gasteiger partial charge in [-0.2, -0.15) is 0 Å². The smallest absolute Gasteiger partial charge is 0.411 e. The molecule has 0 saturated heterocycles. The molecule has 4 nitrogen and oxygen atoms in total. The van der Waals surface area contributed by atoms with E-state index in [0.29, 0.717) is 6.54 Å². The van der Waals surface area contributed by atoms with Crippen molar-refractivity contribution in [3.63, 3.8) is 0 Å². The summed E-state index contributed by atoms with van der Waals surface area (Å²) in [6.45, 7) is 6.06. The molecule has 2 rings (SSSR count). The first-order chi connectivity index (χ1) is 7.32. The molecular formula is C12H19NO3. The van der Waals surface area contributed by atoms with E-state index in [1.54, 1.807) is 4.90 Å². The lowest BCUT2D eigenvalue weighted by molar-refractivity contribution is 0.00423. The third-order valence-corrected chi connectivity index (χ3v) is 2.90. The van der Waals surface area contributed by atoms with Crippen LogP contribution in [0.1, 0.15) is 33.6 Å². The summed E-state index contributed by atoms with van der Waals surface area (Å²) in [4.78, 5) is 13.5. The van der Waals surface area contributed by atoms with Gasteiger partial charge in [-0.05, 0) is 33.6 Å². The van der Waals surface area contributed by atoms with Crippen molar-refractivity contribution >= 4 is 6.09 Å². The summed E-state index contributed by atoms with van der Waals surface area (Å²) in [6.07, 6.45) is 4.99. The summed E-state index contributed by atoms with van der Waals surface area (Å²) in [6, 6.07) is -0.206. The molecule has 90 valence electrons. The first kappa shape index (κ1) is 11.5. The van der Waals surface area contributed by atoms with Crippen molar-refractivity contribution < 1.29 is 14.6 Å². The summed E-state index contributed by atoms with van der Waals surface area (Å²) < 4.78 is 5.31. The molecule has 1 aliphatic carbocycles. The Morgan fingerprint density at radius 2 is 2.12 bits per heavy atom.